The lowest BCUT2D eigenvalue weighted by molar-refractivity contribution is -0.143. The van der Waals surface area contributed by atoms with Gasteiger partial charge in [-0.2, -0.15) is 0 Å². The number of nitrogens with two attached hydrogens (primary N) is 3. The summed E-state index contributed by atoms with van der Waals surface area (Å²) >= 11 is 0. The van der Waals surface area contributed by atoms with Gasteiger partial charge in [-0.05, 0) is 95.9 Å². The molecule has 1 aliphatic rings. The second-order valence-corrected chi connectivity index (χ2v) is 29.6. The Labute approximate surface area is 635 Å². The Balaban J connectivity index is 1.34. The Bertz CT molecular complexity index is 4020. The zero-order valence-electron chi connectivity index (χ0n) is 61.0. The molecule has 1 fully saturated rings. The van der Waals surface area contributed by atoms with Crippen molar-refractivity contribution >= 4 is 97.3 Å². The summed E-state index contributed by atoms with van der Waals surface area (Å²) in [4.78, 5) is 162. The molecule has 6 aromatic rings. The number of hydrogen-bond acceptors (Lipinski definition) is 20. The molecule has 0 aromatic heterocycles. The van der Waals surface area contributed by atoms with Crippen molar-refractivity contribution in [1.29, 1.82) is 0 Å². The molecule has 0 saturated carbocycles. The second kappa shape index (κ2) is 42.5. The molecule has 0 spiro atoms. The number of primary amides is 1. The molecule has 0 radical (unpaired) electrons. The van der Waals surface area contributed by atoms with Gasteiger partial charge in [-0.3, -0.25) is 52.7 Å². The third-order valence-corrected chi connectivity index (χ3v) is 20.5. The van der Waals surface area contributed by atoms with Crippen LogP contribution in [0.2, 0.25) is 0 Å². The number of hydrogen-bond donors (Lipinski definition) is 17. The molecule has 11 amide bonds. The number of unbranched alkanes of at least 4 members (excludes halogenated alkanes) is 1. The minimum atomic E-state index is -1.93. The van der Waals surface area contributed by atoms with Gasteiger partial charge in [0.1, 0.15) is 66.2 Å². The van der Waals surface area contributed by atoms with Crippen molar-refractivity contribution < 1.29 is 73.2 Å². The highest BCUT2D eigenvalue weighted by atomic mass is 33.1. The summed E-state index contributed by atoms with van der Waals surface area (Å²) < 4.78 is 0. The minimum absolute atomic E-state index is 0.0384. The predicted molar refractivity (Wildman–Crippen MR) is 411 cm³/mol. The number of fused-ring (bicyclic) bond motifs is 1. The van der Waals surface area contributed by atoms with Crippen LogP contribution in [-0.4, -0.2) is 207 Å². The van der Waals surface area contributed by atoms with Crippen LogP contribution in [0.5, 0.6) is 5.75 Å². The zero-order valence-corrected chi connectivity index (χ0v) is 62.6. The van der Waals surface area contributed by atoms with Gasteiger partial charge in [-0.15, -0.1) is 0 Å². The van der Waals surface area contributed by atoms with Crippen LogP contribution < -0.4 is 70.4 Å². The highest BCUT2D eigenvalue weighted by Gasteiger charge is 2.40. The number of nitrogens with zero attached hydrogens (tertiary/aromatic N) is 1. The van der Waals surface area contributed by atoms with Crippen LogP contribution >= 0.6 is 21.6 Å². The molecule has 0 bridgehead atoms. The third-order valence-electron chi connectivity index (χ3n) is 18.1. The fourth-order valence-electron chi connectivity index (χ4n) is 11.8. The molecule has 20 N–H and O–H groups in total. The van der Waals surface area contributed by atoms with E-state index in [0.29, 0.717) is 47.2 Å². The zero-order chi connectivity index (χ0) is 78.6. The number of aliphatic hydroxyl groups is 3. The van der Waals surface area contributed by atoms with Crippen molar-refractivity contribution in [3.63, 3.8) is 0 Å². The minimum Gasteiger partial charge on any atom is -0.508 e. The van der Waals surface area contributed by atoms with E-state index >= 15 is 19.2 Å². The van der Waals surface area contributed by atoms with Gasteiger partial charge in [0.05, 0.1) is 24.9 Å². The smallest absolute Gasteiger partial charge is 0.245 e. The summed E-state index contributed by atoms with van der Waals surface area (Å²) in [6.45, 7) is 5.93. The summed E-state index contributed by atoms with van der Waals surface area (Å²) in [7, 11) is 3.29. The Morgan fingerprint density at radius 1 is 0.481 bits per heavy atom. The van der Waals surface area contributed by atoms with E-state index in [1.54, 1.807) is 78.9 Å². The number of benzene rings is 6. The Morgan fingerprint density at radius 3 is 1.44 bits per heavy atom. The lowest BCUT2D eigenvalue weighted by atomic mass is 9.97. The van der Waals surface area contributed by atoms with E-state index in [4.69, 9.17) is 17.2 Å². The van der Waals surface area contributed by atoms with E-state index in [2.05, 4.69) is 53.2 Å². The first-order chi connectivity index (χ1) is 51.6. The Kier molecular flexibility index (Phi) is 33.6. The fourth-order valence-corrected chi connectivity index (χ4v) is 14.1. The van der Waals surface area contributed by atoms with Crippen molar-refractivity contribution in [2.75, 3.05) is 31.7 Å². The molecule has 13 atom stereocenters. The quantitative estimate of drug-likeness (QED) is 0.0329. The fraction of sp³-hybridized carbons (Fsp3) is 0.416. The number of phenolic OH excluding ortho intramolecular Hbond substituents is 1. The van der Waals surface area contributed by atoms with Crippen molar-refractivity contribution in [2.24, 2.45) is 17.2 Å². The topological polar surface area (TPSA) is 470 Å². The van der Waals surface area contributed by atoms with E-state index in [1.807, 2.05) is 62.4 Å². The summed E-state index contributed by atoms with van der Waals surface area (Å²) in [6, 6.07) is 25.6. The molecule has 1 heterocycles. The summed E-state index contributed by atoms with van der Waals surface area (Å²) in [5, 5.41) is 71.7. The van der Waals surface area contributed by atoms with Crippen LogP contribution in [0.1, 0.15) is 80.3 Å². The molecule has 1 saturated heterocycles. The molecule has 0 unspecified atom stereocenters. The molecular formula is C77H100N14O15S2. The maximum absolute atomic E-state index is 15.9. The van der Waals surface area contributed by atoms with E-state index in [1.165, 1.54) is 38.2 Å². The van der Waals surface area contributed by atoms with Crippen molar-refractivity contribution in [3.8, 4) is 5.75 Å². The molecular weight excluding hydrogens is 1430 g/mol. The van der Waals surface area contributed by atoms with Crippen LogP contribution in [0, 0.1) is 0 Å². The Morgan fingerprint density at radius 2 is 0.907 bits per heavy atom. The lowest BCUT2D eigenvalue weighted by Gasteiger charge is -2.33. The summed E-state index contributed by atoms with van der Waals surface area (Å²) in [6.07, 6.45) is -3.77. The summed E-state index contributed by atoms with van der Waals surface area (Å²) in [5.41, 5.74) is 21.5. The highest BCUT2D eigenvalue weighted by molar-refractivity contribution is 8.76. The van der Waals surface area contributed by atoms with E-state index < -0.39 is 150 Å². The molecule has 580 valence electrons. The lowest BCUT2D eigenvalue weighted by Crippen LogP contribution is -2.63. The number of aromatic hydroxyl groups is 1. The van der Waals surface area contributed by atoms with E-state index in [0.717, 1.165) is 49.7 Å². The molecule has 29 nitrogen and oxygen atoms in total. The standard InChI is InChI=1S/C77H100N14O15S2/c1-44(2)81-40-51-25-23-50(24-26-51)39-64-74(103)90-66(46(4)94)75(104)85-60(37-49-28-31-55(95)32-29-49)72(101)89-65(45(3)93)76(105)87-62(41-92)73(102)88-63(67(80)96)43-108-107-42-56(79)68(97)82-57(22-14-15-33-78)69(98)83-58(35-47-16-8-6-9-17-47)70(99)84-59(36-48-18-10-7-11-19-48)71(100)86-61(77(106)91(64)5)38-52-27-30-53-20-12-13-21-54(53)34-52/h6-13,16-21,23-32,34,44-46,56-66,81,92-95H,14-15,22,33,35-43,78-79H2,1-5H3,(H2,80,96)(H,82,97)(H,83,98)(H,84,99)(H,85,104)(H,86,100)(H,87,105)(H,88,102)(H,89,101)(H,90,103)/t45-,46-,56+,57+,58+,59+,60+,61-,62+,63+,64+,65+,66-/m1/s1. The van der Waals surface area contributed by atoms with Crippen LogP contribution in [0.4, 0.5) is 0 Å². The maximum Gasteiger partial charge on any atom is 0.245 e. The number of carbonyl (C=O) groups is 11. The number of amides is 11. The SMILES string of the molecule is CC(C)NCc1ccc(C[C@H]2C(=O)N[C@H]([C@@H](C)O)C(=O)N[C@@H](Cc3ccc(O)cc3)C(=O)N[C@@H]([C@@H](C)O)C(=O)N[C@@H](CO)C(=O)N[C@H](C(N)=O)CSSC[C@H](N)C(=O)N[C@@H](CCCCN)C(=O)N[C@@H](Cc3ccccc3)C(=O)N[C@@H](Cc3ccccc3)C(=O)N[C@H](Cc3ccc4ccccc4c3)C(=O)N2C)cc1. The van der Waals surface area contributed by atoms with Gasteiger partial charge in [-0.25, -0.2) is 0 Å². The van der Waals surface area contributed by atoms with Crippen LogP contribution in [0.3, 0.4) is 0 Å². The highest BCUT2D eigenvalue weighted by Crippen LogP contribution is 2.24. The van der Waals surface area contributed by atoms with Crippen LogP contribution in [0.15, 0.2) is 152 Å². The van der Waals surface area contributed by atoms with Crippen LogP contribution in [-0.2, 0) is 91.4 Å². The van der Waals surface area contributed by atoms with Crippen LogP contribution in [0.25, 0.3) is 10.8 Å². The van der Waals surface area contributed by atoms with Gasteiger partial charge in [0.15, 0.2) is 0 Å². The maximum atomic E-state index is 15.9. The first-order valence-electron chi connectivity index (χ1n) is 35.7. The van der Waals surface area contributed by atoms with Gasteiger partial charge in [0.25, 0.3) is 0 Å². The molecule has 1 aliphatic heterocycles. The van der Waals surface area contributed by atoms with Gasteiger partial charge >= 0.3 is 0 Å². The second-order valence-electron chi connectivity index (χ2n) is 27.1. The van der Waals surface area contributed by atoms with E-state index in [9.17, 15) is 54.0 Å². The van der Waals surface area contributed by atoms with Gasteiger partial charge in [-0.1, -0.05) is 175 Å². The molecule has 6 aromatic carbocycles. The number of nitrogens with one attached hydrogen (secondary N) is 10. The van der Waals surface area contributed by atoms with Gasteiger partial charge in [0, 0.05) is 63.2 Å². The van der Waals surface area contributed by atoms with E-state index in [-0.39, 0.29) is 68.4 Å². The number of aliphatic hydroxyl groups excluding tert-OH is 3. The first kappa shape index (κ1) is 85.3. The van der Waals surface area contributed by atoms with Crippen molar-refractivity contribution in [3.05, 3.63) is 185 Å². The number of carbonyl (C=O) groups excluding carboxylic acids is 11. The predicted octanol–water partition coefficient (Wildman–Crippen LogP) is -0.163. The molecule has 108 heavy (non-hydrogen) atoms. The third kappa shape index (κ3) is 26.5. The summed E-state index contributed by atoms with van der Waals surface area (Å²) in [5.74, 6) is -11.3. The average molecular weight is 1530 g/mol. The number of phenols is 1. The Hall–Kier alpha value is -9.99. The monoisotopic (exact) mass is 1520 g/mol. The number of likely N-dealkylation sites (N-methyl/N-ethyl adjacent to an activating group) is 1. The average Bonchev–Trinajstić information content (AvgIpc) is 0.819. The largest absolute Gasteiger partial charge is 0.508 e. The van der Waals surface area contributed by atoms with Gasteiger partial charge in [0.2, 0.25) is 65.0 Å². The van der Waals surface area contributed by atoms with Crippen molar-refractivity contribution in [1.82, 2.24) is 58.1 Å². The van der Waals surface area contributed by atoms with Crippen molar-refractivity contribution in [2.45, 2.75) is 170 Å². The molecule has 0 aliphatic carbocycles. The normalized spacial score (nSPS) is 23.5. The molecule has 7 rings (SSSR count). The van der Waals surface area contributed by atoms with Gasteiger partial charge < -0.3 is 95.7 Å². The first-order valence-corrected chi connectivity index (χ1v) is 38.2. The molecule has 31 heteroatoms. The number of rotatable bonds is 21.